The Morgan fingerprint density at radius 1 is 1.32 bits per heavy atom. The Balaban J connectivity index is 1.40. The minimum Gasteiger partial charge on any atom is -0.372 e. The highest BCUT2D eigenvalue weighted by Gasteiger charge is 2.26. The molecule has 2 aromatic heterocycles. The molecule has 0 bridgehead atoms. The molecule has 0 aliphatic carbocycles. The van der Waals surface area contributed by atoms with Crippen molar-refractivity contribution in [3.63, 3.8) is 0 Å². The predicted octanol–water partition coefficient (Wildman–Crippen LogP) is 4.02. The number of benzene rings is 1. The van der Waals surface area contributed by atoms with Crippen molar-refractivity contribution in [3.05, 3.63) is 69.9 Å². The molecule has 3 aromatic rings. The van der Waals surface area contributed by atoms with Crippen LogP contribution in [-0.2, 0) is 22.4 Å². The Bertz CT molecular complexity index is 1080. The van der Waals surface area contributed by atoms with Crippen molar-refractivity contribution >= 4 is 34.5 Å². The number of anilines is 2. The Hall–Kier alpha value is -3.10. The summed E-state index contributed by atoms with van der Waals surface area (Å²) in [5.74, 6) is -0.189. The van der Waals surface area contributed by atoms with Gasteiger partial charge in [-0.1, -0.05) is 0 Å². The Morgan fingerprint density at radius 2 is 2.19 bits per heavy atom. The van der Waals surface area contributed by atoms with E-state index >= 15 is 0 Å². The van der Waals surface area contributed by atoms with Gasteiger partial charge in [-0.3, -0.25) is 14.6 Å². The number of carbonyl (C=O) groups excluding carboxylic acids is 2. The van der Waals surface area contributed by atoms with Crippen LogP contribution in [0, 0.1) is 0 Å². The van der Waals surface area contributed by atoms with E-state index in [9.17, 15) is 9.59 Å². The van der Waals surface area contributed by atoms with Gasteiger partial charge in [-0.25, -0.2) is 4.98 Å². The zero-order valence-corrected chi connectivity index (χ0v) is 18.3. The molecule has 1 aliphatic rings. The fourth-order valence-corrected chi connectivity index (χ4v) is 4.44. The molecule has 0 fully saturated rings. The molecule has 0 saturated heterocycles. The number of nitrogens with zero attached hydrogens (tertiary/aromatic N) is 3. The van der Waals surface area contributed by atoms with Gasteiger partial charge in [0, 0.05) is 42.3 Å². The number of rotatable bonds is 7. The minimum absolute atomic E-state index is 0.0655. The molecular weight excluding hydrogens is 412 g/mol. The number of hydrogen-bond donors (Lipinski definition) is 1. The number of hydrogen-bond acceptors (Lipinski definition) is 6. The zero-order valence-electron chi connectivity index (χ0n) is 17.5. The van der Waals surface area contributed by atoms with Crippen molar-refractivity contribution in [2.24, 2.45) is 0 Å². The largest absolute Gasteiger partial charge is 0.372 e. The maximum absolute atomic E-state index is 12.8. The van der Waals surface area contributed by atoms with Crippen LogP contribution in [0.25, 0.3) is 0 Å². The number of amides is 2. The van der Waals surface area contributed by atoms with Gasteiger partial charge in [0.1, 0.15) is 11.1 Å². The first-order valence-corrected chi connectivity index (χ1v) is 11.1. The molecule has 31 heavy (non-hydrogen) atoms. The van der Waals surface area contributed by atoms with E-state index in [0.29, 0.717) is 18.7 Å². The van der Waals surface area contributed by atoms with Gasteiger partial charge >= 0.3 is 0 Å². The van der Waals surface area contributed by atoms with Crippen molar-refractivity contribution in [3.8, 4) is 0 Å². The molecule has 0 radical (unpaired) electrons. The van der Waals surface area contributed by atoms with Gasteiger partial charge in [0.05, 0.1) is 17.7 Å². The molecule has 160 valence electrons. The summed E-state index contributed by atoms with van der Waals surface area (Å²) in [5.41, 5.74) is 3.93. The number of ether oxygens (including phenoxy) is 1. The van der Waals surface area contributed by atoms with E-state index in [-0.39, 0.29) is 24.3 Å². The second kappa shape index (κ2) is 9.36. The normalized spacial score (nSPS) is 13.7. The van der Waals surface area contributed by atoms with E-state index in [1.165, 1.54) is 11.3 Å². The van der Waals surface area contributed by atoms with Gasteiger partial charge in [0.2, 0.25) is 5.91 Å². The lowest BCUT2D eigenvalue weighted by atomic mass is 10.1. The van der Waals surface area contributed by atoms with Gasteiger partial charge < -0.3 is 15.0 Å². The van der Waals surface area contributed by atoms with Gasteiger partial charge in [-0.05, 0) is 56.2 Å². The number of aromatic nitrogens is 2. The summed E-state index contributed by atoms with van der Waals surface area (Å²) in [6, 6.07) is 9.17. The predicted molar refractivity (Wildman–Crippen MR) is 121 cm³/mol. The summed E-state index contributed by atoms with van der Waals surface area (Å²) >= 11 is 1.51. The monoisotopic (exact) mass is 436 g/mol. The quantitative estimate of drug-likeness (QED) is 0.605. The highest BCUT2D eigenvalue weighted by atomic mass is 32.1. The fourth-order valence-electron chi connectivity index (χ4n) is 3.62. The molecule has 3 heterocycles. The maximum Gasteiger partial charge on any atom is 0.259 e. The molecule has 0 spiro atoms. The van der Waals surface area contributed by atoms with E-state index in [0.717, 1.165) is 34.1 Å². The molecule has 1 aromatic carbocycles. The number of nitrogens with one attached hydrogen (secondary N) is 1. The average molecular weight is 437 g/mol. The third-order valence-electron chi connectivity index (χ3n) is 5.09. The van der Waals surface area contributed by atoms with Crippen LogP contribution in [0.1, 0.15) is 46.6 Å². The zero-order chi connectivity index (χ0) is 21.8. The van der Waals surface area contributed by atoms with E-state index in [1.54, 1.807) is 29.4 Å². The van der Waals surface area contributed by atoms with E-state index < -0.39 is 0 Å². The third kappa shape index (κ3) is 4.81. The number of pyridine rings is 1. The van der Waals surface area contributed by atoms with Crippen molar-refractivity contribution in [2.75, 3.05) is 23.4 Å². The lowest BCUT2D eigenvalue weighted by Gasteiger charge is -2.17. The van der Waals surface area contributed by atoms with Crippen molar-refractivity contribution in [2.45, 2.75) is 32.8 Å². The Labute approximate surface area is 185 Å². The van der Waals surface area contributed by atoms with Crippen LogP contribution < -0.4 is 10.2 Å². The lowest BCUT2D eigenvalue weighted by molar-refractivity contribution is -0.115. The summed E-state index contributed by atoms with van der Waals surface area (Å²) in [5, 5.41) is 5.71. The number of fused-ring (bicyclic) bond motifs is 1. The Morgan fingerprint density at radius 3 is 2.97 bits per heavy atom. The van der Waals surface area contributed by atoms with E-state index in [1.807, 2.05) is 37.4 Å². The minimum atomic E-state index is -0.123. The molecule has 1 aliphatic heterocycles. The van der Waals surface area contributed by atoms with Crippen LogP contribution in [0.2, 0.25) is 0 Å². The third-order valence-corrected chi connectivity index (χ3v) is 6.14. The van der Waals surface area contributed by atoms with Crippen LogP contribution >= 0.6 is 11.3 Å². The van der Waals surface area contributed by atoms with Gasteiger partial charge in [0.15, 0.2) is 0 Å². The number of thiazole rings is 1. The summed E-state index contributed by atoms with van der Waals surface area (Å²) in [4.78, 5) is 35.6. The summed E-state index contributed by atoms with van der Waals surface area (Å²) in [6.07, 6.45) is 4.11. The van der Waals surface area contributed by atoms with Crippen molar-refractivity contribution in [1.82, 2.24) is 9.97 Å². The first-order chi connectivity index (χ1) is 15.0. The molecule has 2 amide bonds. The fraction of sp³-hybridized carbons (Fsp3) is 0.304. The summed E-state index contributed by atoms with van der Waals surface area (Å²) in [7, 11) is 0. The molecule has 8 heteroatoms. The highest BCUT2D eigenvalue weighted by Crippen LogP contribution is 2.31. The molecule has 1 atom stereocenters. The van der Waals surface area contributed by atoms with E-state index in [4.69, 9.17) is 4.74 Å². The van der Waals surface area contributed by atoms with Crippen LogP contribution in [0.15, 0.2) is 48.1 Å². The second-order valence-electron chi connectivity index (χ2n) is 7.29. The first kappa shape index (κ1) is 21.1. The molecule has 1 unspecified atom stereocenters. The topological polar surface area (TPSA) is 84.4 Å². The number of carbonyl (C=O) groups is 2. The lowest BCUT2D eigenvalue weighted by Crippen LogP contribution is -2.28. The van der Waals surface area contributed by atoms with Crippen molar-refractivity contribution < 1.29 is 14.3 Å². The van der Waals surface area contributed by atoms with E-state index in [2.05, 4.69) is 15.3 Å². The van der Waals surface area contributed by atoms with Gasteiger partial charge in [0.25, 0.3) is 5.91 Å². The molecular formula is C23H24N4O3S. The van der Waals surface area contributed by atoms with Gasteiger partial charge in [-0.2, -0.15) is 0 Å². The summed E-state index contributed by atoms with van der Waals surface area (Å²) < 4.78 is 5.55. The van der Waals surface area contributed by atoms with Crippen LogP contribution in [0.4, 0.5) is 11.4 Å². The van der Waals surface area contributed by atoms with Crippen molar-refractivity contribution in [1.29, 1.82) is 0 Å². The Kier molecular flexibility index (Phi) is 6.39. The smallest absolute Gasteiger partial charge is 0.259 e. The SMILES string of the molecule is CCOC(C)c1nc(CC(=O)Nc2ccc3c(c2)CCN3C(=O)c2cccnc2)cs1. The molecule has 7 nitrogen and oxygen atoms in total. The van der Waals surface area contributed by atoms with Crippen LogP contribution in [-0.4, -0.2) is 34.9 Å². The average Bonchev–Trinajstić information content (AvgIpc) is 3.41. The summed E-state index contributed by atoms with van der Waals surface area (Å²) in [6.45, 7) is 5.14. The van der Waals surface area contributed by atoms with Crippen LogP contribution in [0.3, 0.4) is 0 Å². The first-order valence-electron chi connectivity index (χ1n) is 10.3. The highest BCUT2D eigenvalue weighted by molar-refractivity contribution is 7.09. The second-order valence-corrected chi connectivity index (χ2v) is 8.18. The maximum atomic E-state index is 12.8. The molecule has 1 N–H and O–H groups in total. The molecule has 0 saturated carbocycles. The van der Waals surface area contributed by atoms with Crippen LogP contribution in [0.5, 0.6) is 0 Å². The molecule has 4 rings (SSSR count). The van der Waals surface area contributed by atoms with Gasteiger partial charge in [-0.15, -0.1) is 11.3 Å². The standard InChI is InChI=1S/C23H24N4O3S/c1-3-30-15(2)22-26-19(14-31-22)12-21(28)25-18-6-7-20-16(11-18)8-10-27(20)23(29)17-5-4-9-24-13-17/h4-7,9,11,13-15H,3,8,10,12H2,1-2H3,(H,25,28).